The van der Waals surface area contributed by atoms with Gasteiger partial charge in [-0.2, -0.15) is 0 Å². The molecule has 2 N–H and O–H groups in total. The third kappa shape index (κ3) is 4.11. The van der Waals surface area contributed by atoms with Gasteiger partial charge in [0.2, 0.25) is 0 Å². The second-order valence-electron chi connectivity index (χ2n) is 5.03. The summed E-state index contributed by atoms with van der Waals surface area (Å²) in [5.41, 5.74) is 1.79. The van der Waals surface area contributed by atoms with Gasteiger partial charge in [0.25, 0.3) is 5.91 Å². The normalized spacial score (nSPS) is 10.4. The lowest BCUT2D eigenvalue weighted by molar-refractivity contribution is 0.102. The molecule has 0 radical (unpaired) electrons. The quantitative estimate of drug-likeness (QED) is 0.879. The second kappa shape index (κ2) is 7.13. The van der Waals surface area contributed by atoms with Crippen LogP contribution in [-0.2, 0) is 0 Å². The fourth-order valence-corrected chi connectivity index (χ4v) is 2.14. The molecular formula is C16H18ClN3O2. The van der Waals surface area contributed by atoms with Crippen molar-refractivity contribution in [3.05, 3.63) is 47.2 Å². The molecule has 0 unspecified atom stereocenters. The number of pyridine rings is 1. The third-order valence-electron chi connectivity index (χ3n) is 2.86. The molecule has 0 aliphatic carbocycles. The molecule has 5 nitrogen and oxygen atoms in total. The molecule has 0 saturated heterocycles. The van der Waals surface area contributed by atoms with E-state index >= 15 is 0 Å². The number of ether oxygens (including phenoxy) is 1. The molecule has 0 fully saturated rings. The van der Waals surface area contributed by atoms with Crippen molar-refractivity contribution in [1.29, 1.82) is 0 Å². The number of methoxy groups -OCH3 is 1. The van der Waals surface area contributed by atoms with E-state index < -0.39 is 0 Å². The van der Waals surface area contributed by atoms with Crippen molar-refractivity contribution in [2.45, 2.75) is 19.9 Å². The number of aromatic nitrogens is 1. The molecule has 1 aromatic carbocycles. The summed E-state index contributed by atoms with van der Waals surface area (Å²) < 4.78 is 5.07. The summed E-state index contributed by atoms with van der Waals surface area (Å²) in [6.07, 6.45) is 1.63. The molecule has 0 saturated carbocycles. The Morgan fingerprint density at radius 1 is 1.23 bits per heavy atom. The van der Waals surface area contributed by atoms with Crippen molar-refractivity contribution in [2.24, 2.45) is 0 Å². The molecule has 2 aromatic rings. The van der Waals surface area contributed by atoms with Crippen molar-refractivity contribution in [3.8, 4) is 5.75 Å². The van der Waals surface area contributed by atoms with Gasteiger partial charge in [-0.25, -0.2) is 4.98 Å². The Kier molecular flexibility index (Phi) is 5.22. The highest BCUT2D eigenvalue weighted by molar-refractivity contribution is 6.32. The van der Waals surface area contributed by atoms with Gasteiger partial charge in [0.05, 0.1) is 24.0 Å². The average Bonchev–Trinajstić information content (AvgIpc) is 2.47. The number of amides is 1. The van der Waals surface area contributed by atoms with Gasteiger partial charge in [0.15, 0.2) is 0 Å². The zero-order valence-corrected chi connectivity index (χ0v) is 13.4. The lowest BCUT2D eigenvalue weighted by Crippen LogP contribution is -2.14. The first kappa shape index (κ1) is 16.1. The molecule has 0 spiro atoms. The smallest absolute Gasteiger partial charge is 0.274 e. The Labute approximate surface area is 134 Å². The largest absolute Gasteiger partial charge is 0.495 e. The average molecular weight is 320 g/mol. The zero-order chi connectivity index (χ0) is 16.1. The molecule has 1 aromatic heterocycles. The Hall–Kier alpha value is -2.27. The van der Waals surface area contributed by atoms with Gasteiger partial charge in [-0.15, -0.1) is 0 Å². The lowest BCUT2D eigenvalue weighted by Gasteiger charge is -2.10. The lowest BCUT2D eigenvalue weighted by atomic mass is 10.2. The van der Waals surface area contributed by atoms with Gasteiger partial charge in [0.1, 0.15) is 11.4 Å². The van der Waals surface area contributed by atoms with Gasteiger partial charge < -0.3 is 15.4 Å². The maximum Gasteiger partial charge on any atom is 0.274 e. The van der Waals surface area contributed by atoms with Crippen LogP contribution in [0.1, 0.15) is 24.3 Å². The van der Waals surface area contributed by atoms with E-state index in [0.29, 0.717) is 28.2 Å². The van der Waals surface area contributed by atoms with E-state index in [-0.39, 0.29) is 5.91 Å². The number of carbonyl (C=O) groups excluding carboxylic acids is 1. The number of halogens is 1. The Balaban J connectivity index is 2.07. The molecule has 0 bridgehead atoms. The minimum absolute atomic E-state index is 0.294. The maximum absolute atomic E-state index is 12.1. The van der Waals surface area contributed by atoms with Crippen molar-refractivity contribution < 1.29 is 9.53 Å². The van der Waals surface area contributed by atoms with E-state index in [2.05, 4.69) is 15.6 Å². The van der Waals surface area contributed by atoms with Crippen LogP contribution in [0.25, 0.3) is 0 Å². The number of hydrogen-bond acceptors (Lipinski definition) is 4. The summed E-state index contributed by atoms with van der Waals surface area (Å²) in [5.74, 6) is 0.263. The highest BCUT2D eigenvalue weighted by atomic mass is 35.5. The molecular weight excluding hydrogens is 302 g/mol. The summed E-state index contributed by atoms with van der Waals surface area (Å²) in [6.45, 7) is 4.07. The molecule has 6 heteroatoms. The van der Waals surface area contributed by atoms with Crippen molar-refractivity contribution in [3.63, 3.8) is 0 Å². The van der Waals surface area contributed by atoms with E-state index in [4.69, 9.17) is 16.3 Å². The van der Waals surface area contributed by atoms with E-state index in [1.54, 1.807) is 30.5 Å². The molecule has 116 valence electrons. The van der Waals surface area contributed by atoms with Crippen LogP contribution in [0.3, 0.4) is 0 Å². The number of hydrogen-bond donors (Lipinski definition) is 2. The van der Waals surface area contributed by atoms with E-state index in [1.807, 2.05) is 19.9 Å². The number of carbonyl (C=O) groups is 1. The number of benzene rings is 1. The fraction of sp³-hybridized carbons (Fsp3) is 0.250. The van der Waals surface area contributed by atoms with Crippen LogP contribution in [0.2, 0.25) is 5.02 Å². The van der Waals surface area contributed by atoms with Crippen LogP contribution in [0.5, 0.6) is 5.75 Å². The SMILES string of the molecule is COc1ccc(NC(=O)c2ccc(NC(C)C)cn2)cc1Cl. The topological polar surface area (TPSA) is 63.2 Å². The monoisotopic (exact) mass is 319 g/mol. The van der Waals surface area contributed by atoms with E-state index in [9.17, 15) is 4.79 Å². The number of nitrogens with zero attached hydrogens (tertiary/aromatic N) is 1. The molecule has 1 heterocycles. The minimum Gasteiger partial charge on any atom is -0.495 e. The summed E-state index contributed by atoms with van der Waals surface area (Å²) in [6, 6.07) is 8.85. The van der Waals surface area contributed by atoms with Crippen molar-refractivity contribution in [1.82, 2.24) is 4.98 Å². The molecule has 1 amide bonds. The second-order valence-corrected chi connectivity index (χ2v) is 5.44. The summed E-state index contributed by atoms with van der Waals surface area (Å²) in [4.78, 5) is 16.3. The van der Waals surface area contributed by atoms with E-state index in [1.165, 1.54) is 7.11 Å². The highest BCUT2D eigenvalue weighted by Crippen LogP contribution is 2.27. The van der Waals surface area contributed by atoms with Crippen molar-refractivity contribution in [2.75, 3.05) is 17.7 Å². The van der Waals surface area contributed by atoms with Crippen LogP contribution < -0.4 is 15.4 Å². The molecule has 0 aliphatic rings. The van der Waals surface area contributed by atoms with Gasteiger partial charge in [-0.05, 0) is 44.2 Å². The first-order valence-corrected chi connectivity index (χ1v) is 7.25. The van der Waals surface area contributed by atoms with Gasteiger partial charge in [-0.3, -0.25) is 4.79 Å². The molecule has 2 rings (SSSR count). The summed E-state index contributed by atoms with van der Waals surface area (Å²) in [5, 5.41) is 6.40. The highest BCUT2D eigenvalue weighted by Gasteiger charge is 2.09. The predicted octanol–water partition coefficient (Wildman–Crippen LogP) is 3.82. The van der Waals surface area contributed by atoms with Gasteiger partial charge >= 0.3 is 0 Å². The Bertz CT molecular complexity index is 657. The summed E-state index contributed by atoms with van der Waals surface area (Å²) in [7, 11) is 1.54. The Morgan fingerprint density at radius 3 is 2.50 bits per heavy atom. The van der Waals surface area contributed by atoms with Crippen LogP contribution in [-0.4, -0.2) is 24.0 Å². The number of rotatable bonds is 5. The zero-order valence-electron chi connectivity index (χ0n) is 12.7. The standard InChI is InChI=1S/C16H18ClN3O2/c1-10(2)19-12-4-6-14(18-9-12)16(21)20-11-5-7-15(22-3)13(17)8-11/h4-10,19H,1-3H3,(H,20,21). The maximum atomic E-state index is 12.1. The number of anilines is 2. The predicted molar refractivity (Wildman–Crippen MR) is 89.0 cm³/mol. The van der Waals surface area contributed by atoms with Crippen LogP contribution >= 0.6 is 11.6 Å². The number of nitrogens with one attached hydrogen (secondary N) is 2. The van der Waals surface area contributed by atoms with Gasteiger partial charge in [0, 0.05) is 11.7 Å². The molecule has 22 heavy (non-hydrogen) atoms. The van der Waals surface area contributed by atoms with Crippen molar-refractivity contribution >= 4 is 28.9 Å². The molecule has 0 aliphatic heterocycles. The first-order chi connectivity index (χ1) is 10.5. The van der Waals surface area contributed by atoms with Crippen LogP contribution in [0.4, 0.5) is 11.4 Å². The van der Waals surface area contributed by atoms with Crippen LogP contribution in [0, 0.1) is 0 Å². The molecule has 0 atom stereocenters. The minimum atomic E-state index is -0.294. The summed E-state index contributed by atoms with van der Waals surface area (Å²) >= 11 is 6.03. The third-order valence-corrected chi connectivity index (χ3v) is 3.16. The van der Waals surface area contributed by atoms with Crippen LogP contribution in [0.15, 0.2) is 36.5 Å². The van der Waals surface area contributed by atoms with Gasteiger partial charge in [-0.1, -0.05) is 11.6 Å². The fourth-order valence-electron chi connectivity index (χ4n) is 1.89. The first-order valence-electron chi connectivity index (χ1n) is 6.87. The Morgan fingerprint density at radius 2 is 1.95 bits per heavy atom. The van der Waals surface area contributed by atoms with E-state index in [0.717, 1.165) is 5.69 Å².